The quantitative estimate of drug-likeness (QED) is 0.191. The van der Waals surface area contributed by atoms with Crippen LogP contribution in [0, 0.1) is 17.5 Å². The van der Waals surface area contributed by atoms with E-state index < -0.39 is 28.3 Å². The lowest BCUT2D eigenvalue weighted by Gasteiger charge is -2.24. The number of rotatable bonds is 6. The standard InChI is InChI=1S/C14H15F3N4O3S/c15-9-5-8(12(17)10(16)6-9)7-19-24-25-14(23)2-4-21(13(14)22)11-1-3-18-20-11/h1,3,5-6,11,18-20,23H,2,4,7H2. The molecule has 0 spiro atoms. The number of hydroxylamine groups is 1. The molecule has 0 bridgehead atoms. The summed E-state index contributed by atoms with van der Waals surface area (Å²) in [4.78, 5) is 11.9. The summed E-state index contributed by atoms with van der Waals surface area (Å²) in [6, 6.07) is 1.25. The van der Waals surface area contributed by atoms with Crippen LogP contribution in [0.1, 0.15) is 12.0 Å². The second-order valence-electron chi connectivity index (χ2n) is 5.47. The second-order valence-corrected chi connectivity index (χ2v) is 6.48. The minimum Gasteiger partial charge on any atom is -0.369 e. The van der Waals surface area contributed by atoms with Crippen LogP contribution in [0.4, 0.5) is 13.2 Å². The molecule has 2 atom stereocenters. The van der Waals surface area contributed by atoms with Crippen molar-refractivity contribution in [1.82, 2.24) is 21.2 Å². The minimum atomic E-state index is -1.81. The van der Waals surface area contributed by atoms with E-state index in [1.807, 2.05) is 0 Å². The van der Waals surface area contributed by atoms with Gasteiger partial charge in [0.05, 0.1) is 18.6 Å². The predicted molar refractivity (Wildman–Crippen MR) is 82.3 cm³/mol. The Labute approximate surface area is 145 Å². The highest BCUT2D eigenvalue weighted by atomic mass is 32.2. The zero-order valence-electron chi connectivity index (χ0n) is 12.8. The van der Waals surface area contributed by atoms with Crippen LogP contribution in [-0.4, -0.2) is 33.6 Å². The topological polar surface area (TPSA) is 85.9 Å². The average Bonchev–Trinajstić information content (AvgIpc) is 3.18. The van der Waals surface area contributed by atoms with E-state index in [-0.39, 0.29) is 24.7 Å². The van der Waals surface area contributed by atoms with Crippen LogP contribution in [0.3, 0.4) is 0 Å². The number of halogens is 3. The van der Waals surface area contributed by atoms with Crippen LogP contribution in [0.5, 0.6) is 0 Å². The highest BCUT2D eigenvalue weighted by Crippen LogP contribution is 2.35. The summed E-state index contributed by atoms with van der Waals surface area (Å²) in [5.74, 6) is -3.98. The Bertz CT molecular complexity index is 708. The third-order valence-corrected chi connectivity index (χ3v) is 4.64. The van der Waals surface area contributed by atoms with Crippen molar-refractivity contribution >= 4 is 17.9 Å². The molecule has 25 heavy (non-hydrogen) atoms. The van der Waals surface area contributed by atoms with Gasteiger partial charge in [-0.3, -0.25) is 4.79 Å². The van der Waals surface area contributed by atoms with Crippen molar-refractivity contribution in [1.29, 1.82) is 0 Å². The van der Waals surface area contributed by atoms with Crippen molar-refractivity contribution in [3.8, 4) is 0 Å². The number of aliphatic hydroxyl groups is 1. The van der Waals surface area contributed by atoms with E-state index in [1.165, 1.54) is 4.90 Å². The summed E-state index contributed by atoms with van der Waals surface area (Å²) < 4.78 is 44.6. The Morgan fingerprint density at radius 3 is 2.96 bits per heavy atom. The molecule has 0 aliphatic carbocycles. The molecule has 1 aromatic carbocycles. The fourth-order valence-electron chi connectivity index (χ4n) is 2.49. The molecule has 0 aromatic heterocycles. The summed E-state index contributed by atoms with van der Waals surface area (Å²) in [7, 11) is 0. The van der Waals surface area contributed by atoms with Crippen molar-refractivity contribution in [3.05, 3.63) is 47.4 Å². The van der Waals surface area contributed by atoms with E-state index in [1.54, 1.807) is 12.3 Å². The molecular weight excluding hydrogens is 361 g/mol. The monoisotopic (exact) mass is 376 g/mol. The van der Waals surface area contributed by atoms with Gasteiger partial charge in [-0.1, -0.05) is 0 Å². The molecular formula is C14H15F3N4O3S. The van der Waals surface area contributed by atoms with Crippen molar-refractivity contribution < 1.29 is 27.4 Å². The van der Waals surface area contributed by atoms with Gasteiger partial charge >= 0.3 is 0 Å². The van der Waals surface area contributed by atoms with Crippen LogP contribution in [-0.2, 0) is 15.6 Å². The van der Waals surface area contributed by atoms with Gasteiger partial charge in [0.25, 0.3) is 5.91 Å². The summed E-state index contributed by atoms with van der Waals surface area (Å²) >= 11 is 0.462. The van der Waals surface area contributed by atoms with E-state index in [0.717, 1.165) is 6.07 Å². The Morgan fingerprint density at radius 1 is 1.44 bits per heavy atom. The molecule has 0 saturated carbocycles. The lowest BCUT2D eigenvalue weighted by molar-refractivity contribution is -0.138. The lowest BCUT2D eigenvalue weighted by Crippen LogP contribution is -2.49. The second kappa shape index (κ2) is 7.22. The van der Waals surface area contributed by atoms with Crippen molar-refractivity contribution in [2.24, 2.45) is 0 Å². The SMILES string of the molecule is O=C1N(C2C=CNN2)CCC1(O)SONCc1cc(F)cc(F)c1F. The molecule has 7 nitrogen and oxygen atoms in total. The summed E-state index contributed by atoms with van der Waals surface area (Å²) in [5.41, 5.74) is 7.54. The van der Waals surface area contributed by atoms with Crippen LogP contribution in [0.15, 0.2) is 24.4 Å². The maximum atomic E-state index is 13.5. The number of carbonyl (C=O) groups excluding carboxylic acids is 1. The molecule has 2 unspecified atom stereocenters. The van der Waals surface area contributed by atoms with E-state index >= 15 is 0 Å². The van der Waals surface area contributed by atoms with E-state index in [4.69, 9.17) is 4.28 Å². The van der Waals surface area contributed by atoms with E-state index in [9.17, 15) is 23.1 Å². The summed E-state index contributed by atoms with van der Waals surface area (Å²) in [6.07, 6.45) is 3.09. The first kappa shape index (κ1) is 18.0. The smallest absolute Gasteiger partial charge is 0.269 e. The number of nitrogens with one attached hydrogen (secondary N) is 3. The average molecular weight is 376 g/mol. The van der Waals surface area contributed by atoms with E-state index in [0.29, 0.717) is 24.7 Å². The molecule has 11 heteroatoms. The number of hydrazine groups is 1. The first-order valence-corrected chi connectivity index (χ1v) is 8.07. The lowest BCUT2D eigenvalue weighted by atomic mass is 10.2. The fourth-order valence-corrected chi connectivity index (χ4v) is 3.11. The van der Waals surface area contributed by atoms with Crippen LogP contribution >= 0.6 is 12.0 Å². The molecule has 3 rings (SSSR count). The number of amides is 1. The molecule has 1 amide bonds. The van der Waals surface area contributed by atoms with Gasteiger partial charge in [0.1, 0.15) is 12.0 Å². The normalized spacial score (nSPS) is 25.7. The number of nitrogens with zero attached hydrogens (tertiary/aromatic N) is 1. The van der Waals surface area contributed by atoms with Crippen molar-refractivity contribution in [3.63, 3.8) is 0 Å². The summed E-state index contributed by atoms with van der Waals surface area (Å²) in [5, 5.41) is 10.4. The number of benzene rings is 1. The maximum absolute atomic E-state index is 13.5. The van der Waals surface area contributed by atoms with Gasteiger partial charge in [-0.05, 0) is 12.1 Å². The third kappa shape index (κ3) is 3.75. The Hall–Kier alpha value is -1.79. The number of carbonyl (C=O) groups is 1. The van der Waals surface area contributed by atoms with Gasteiger partial charge in [-0.15, -0.1) is 0 Å². The molecule has 136 valence electrons. The highest BCUT2D eigenvalue weighted by Gasteiger charge is 2.49. The Kier molecular flexibility index (Phi) is 5.20. The number of hydrogen-bond acceptors (Lipinski definition) is 7. The van der Waals surface area contributed by atoms with Gasteiger partial charge in [0, 0.05) is 30.8 Å². The molecule has 1 fully saturated rings. The molecule has 0 radical (unpaired) electrons. The number of hydrogen-bond donors (Lipinski definition) is 4. The van der Waals surface area contributed by atoms with Crippen molar-refractivity contribution in [2.45, 2.75) is 24.1 Å². The highest BCUT2D eigenvalue weighted by molar-refractivity contribution is 7.96. The third-order valence-electron chi connectivity index (χ3n) is 3.78. The molecule has 1 saturated heterocycles. The van der Waals surface area contributed by atoms with Crippen LogP contribution in [0.25, 0.3) is 0 Å². The fraction of sp³-hybridized carbons (Fsp3) is 0.357. The predicted octanol–water partition coefficient (Wildman–Crippen LogP) is 0.642. The zero-order chi connectivity index (χ0) is 18.0. The molecule has 4 N–H and O–H groups in total. The van der Waals surface area contributed by atoms with Gasteiger partial charge in [-0.25, -0.2) is 22.9 Å². The largest absolute Gasteiger partial charge is 0.369 e. The Balaban J connectivity index is 1.52. The zero-order valence-corrected chi connectivity index (χ0v) is 13.6. The van der Waals surface area contributed by atoms with Gasteiger partial charge in [0.15, 0.2) is 11.6 Å². The van der Waals surface area contributed by atoms with Crippen LogP contribution in [0.2, 0.25) is 0 Å². The minimum absolute atomic E-state index is 0.118. The van der Waals surface area contributed by atoms with Gasteiger partial charge in [0.2, 0.25) is 4.93 Å². The van der Waals surface area contributed by atoms with Crippen LogP contribution < -0.4 is 16.3 Å². The number of likely N-dealkylation sites (tertiary alicyclic amines) is 1. The summed E-state index contributed by atoms with van der Waals surface area (Å²) in [6.45, 7) is -0.0442. The molecule has 2 heterocycles. The maximum Gasteiger partial charge on any atom is 0.269 e. The molecule has 1 aromatic rings. The molecule has 2 aliphatic heterocycles. The first-order chi connectivity index (χ1) is 11.9. The first-order valence-electron chi connectivity index (χ1n) is 7.33. The van der Waals surface area contributed by atoms with Gasteiger partial charge < -0.3 is 15.4 Å². The van der Waals surface area contributed by atoms with E-state index in [2.05, 4.69) is 16.3 Å². The Morgan fingerprint density at radius 2 is 2.24 bits per heavy atom. The van der Waals surface area contributed by atoms with Crippen molar-refractivity contribution in [2.75, 3.05) is 6.54 Å². The van der Waals surface area contributed by atoms with Gasteiger partial charge in [-0.2, -0.15) is 5.48 Å². The molecule has 2 aliphatic rings.